The van der Waals surface area contributed by atoms with Gasteiger partial charge < -0.3 is 4.90 Å². The molecule has 1 aromatic carbocycles. The average molecular weight is 213 g/mol. The van der Waals surface area contributed by atoms with E-state index in [4.69, 9.17) is 4.90 Å². The van der Waals surface area contributed by atoms with Gasteiger partial charge in [-0.15, -0.1) is 6.58 Å². The third kappa shape index (κ3) is 3.69. The van der Waals surface area contributed by atoms with E-state index in [2.05, 4.69) is 44.7 Å². The van der Waals surface area contributed by atoms with E-state index in [-0.39, 0.29) is 0 Å². The molecule has 0 bridgehead atoms. The van der Waals surface area contributed by atoms with E-state index in [0.717, 1.165) is 24.8 Å². The van der Waals surface area contributed by atoms with Gasteiger partial charge in [-0.3, -0.25) is 0 Å². The average Bonchev–Trinajstić information content (AvgIpc) is 2.35. The highest BCUT2D eigenvalue weighted by Gasteiger charge is 2.09. The van der Waals surface area contributed by atoms with Gasteiger partial charge in [0, 0.05) is 12.1 Å². The molecule has 1 aromatic rings. The number of hydrogen-bond acceptors (Lipinski definition) is 1. The van der Waals surface area contributed by atoms with Crippen molar-refractivity contribution in [3.63, 3.8) is 0 Å². The van der Waals surface area contributed by atoms with Crippen molar-refractivity contribution in [3.8, 4) is 0 Å². The highest BCUT2D eigenvalue weighted by molar-refractivity contribution is 6.58. The normalized spacial score (nSPS) is 11.2. The number of hydrogen-bond donors (Lipinski definition) is 0. The van der Waals surface area contributed by atoms with Gasteiger partial charge in [0.2, 0.25) is 0 Å². The van der Waals surface area contributed by atoms with Crippen LogP contribution in [-0.2, 0) is 0 Å². The second-order valence-electron chi connectivity index (χ2n) is 3.90. The number of nitrogens with zero attached hydrogens (tertiary/aromatic N) is 1. The first-order chi connectivity index (χ1) is 7.81. The van der Waals surface area contributed by atoms with Crippen molar-refractivity contribution in [3.05, 3.63) is 48.6 Å². The summed E-state index contributed by atoms with van der Waals surface area (Å²) in [6.45, 7) is 8.62. The molecule has 0 aliphatic rings. The quantitative estimate of drug-likeness (QED) is 0.383. The van der Waals surface area contributed by atoms with Crippen LogP contribution < -0.4 is 0 Å². The van der Waals surface area contributed by atoms with Gasteiger partial charge >= 0.3 is 0 Å². The molecule has 0 radical (unpaired) electrons. The third-order valence-corrected chi connectivity index (χ3v) is 2.73. The molecule has 0 spiro atoms. The SMILES string of the molecule is C=CCC(=NB(CC)CC)c1ccccc1. The van der Waals surface area contributed by atoms with E-state index in [1.54, 1.807) is 0 Å². The van der Waals surface area contributed by atoms with Crippen LogP contribution in [0.25, 0.3) is 0 Å². The lowest BCUT2D eigenvalue weighted by molar-refractivity contribution is 1.27. The maximum Gasteiger partial charge on any atom is 0.279 e. The Morgan fingerprint density at radius 3 is 2.38 bits per heavy atom. The monoisotopic (exact) mass is 213 g/mol. The second-order valence-corrected chi connectivity index (χ2v) is 3.90. The number of benzene rings is 1. The molecule has 84 valence electrons. The van der Waals surface area contributed by atoms with Crippen LogP contribution in [0.4, 0.5) is 0 Å². The molecule has 0 heterocycles. The largest absolute Gasteiger partial charge is 0.345 e. The van der Waals surface area contributed by atoms with Crippen molar-refractivity contribution >= 4 is 12.6 Å². The first-order valence-electron chi connectivity index (χ1n) is 6.04. The summed E-state index contributed by atoms with van der Waals surface area (Å²) in [5.41, 5.74) is 2.37. The summed E-state index contributed by atoms with van der Waals surface area (Å²) in [5, 5.41) is 0. The molecular weight excluding hydrogens is 193 g/mol. The lowest BCUT2D eigenvalue weighted by Crippen LogP contribution is -2.11. The van der Waals surface area contributed by atoms with E-state index < -0.39 is 0 Å². The van der Waals surface area contributed by atoms with Crippen molar-refractivity contribution in [1.29, 1.82) is 0 Å². The Bertz CT molecular complexity index is 339. The van der Waals surface area contributed by atoms with Gasteiger partial charge in [0.05, 0.1) is 0 Å². The molecule has 0 unspecified atom stereocenters. The zero-order valence-corrected chi connectivity index (χ0v) is 10.3. The van der Waals surface area contributed by atoms with Crippen molar-refractivity contribution in [1.82, 2.24) is 0 Å². The molecule has 0 saturated heterocycles. The van der Waals surface area contributed by atoms with Crippen molar-refractivity contribution in [2.75, 3.05) is 0 Å². The van der Waals surface area contributed by atoms with Crippen LogP contribution in [0.5, 0.6) is 0 Å². The fourth-order valence-electron chi connectivity index (χ4n) is 1.70. The van der Waals surface area contributed by atoms with Crippen LogP contribution in [0.2, 0.25) is 12.6 Å². The van der Waals surface area contributed by atoms with Gasteiger partial charge in [0.1, 0.15) is 0 Å². The van der Waals surface area contributed by atoms with Crippen LogP contribution in [0.15, 0.2) is 47.9 Å². The first-order valence-corrected chi connectivity index (χ1v) is 6.04. The summed E-state index contributed by atoms with van der Waals surface area (Å²) in [6, 6.07) is 10.4. The number of rotatable bonds is 6. The molecule has 0 aliphatic carbocycles. The minimum absolute atomic E-state index is 0.440. The minimum Gasteiger partial charge on any atom is -0.345 e. The highest BCUT2D eigenvalue weighted by atomic mass is 14.6. The van der Waals surface area contributed by atoms with Gasteiger partial charge in [-0.05, 0) is 5.56 Å². The maximum atomic E-state index is 4.82. The lowest BCUT2D eigenvalue weighted by atomic mass is 9.58. The lowest BCUT2D eigenvalue weighted by Gasteiger charge is -2.08. The fraction of sp³-hybridized carbons (Fsp3) is 0.357. The fourth-order valence-corrected chi connectivity index (χ4v) is 1.70. The van der Waals surface area contributed by atoms with Gasteiger partial charge in [-0.2, -0.15) is 0 Å². The molecule has 16 heavy (non-hydrogen) atoms. The van der Waals surface area contributed by atoms with Crippen LogP contribution in [0.1, 0.15) is 25.8 Å². The second kappa shape index (κ2) is 7.05. The molecule has 0 aromatic heterocycles. The molecule has 0 atom stereocenters. The smallest absolute Gasteiger partial charge is 0.279 e. The molecule has 0 fully saturated rings. The molecule has 0 aliphatic heterocycles. The maximum absolute atomic E-state index is 4.82. The summed E-state index contributed by atoms with van der Waals surface area (Å²) < 4.78 is 0. The Kier molecular flexibility index (Phi) is 5.62. The predicted octanol–water partition coefficient (Wildman–Crippen LogP) is 4.08. The standard InChI is InChI=1S/C14H20BN/c1-4-10-14(16-15(5-2)6-3)13-11-8-7-9-12-13/h4,7-9,11-12H,1,5-6,10H2,2-3H3. The molecular formula is C14H20BN. The molecule has 0 amide bonds. The molecule has 1 nitrogen and oxygen atoms in total. The Balaban J connectivity index is 2.94. The van der Waals surface area contributed by atoms with Gasteiger partial charge in [0.15, 0.2) is 0 Å². The Labute approximate surface area is 99.4 Å². The Morgan fingerprint density at radius 2 is 1.88 bits per heavy atom. The van der Waals surface area contributed by atoms with Crippen molar-refractivity contribution < 1.29 is 0 Å². The molecule has 2 heteroatoms. The summed E-state index contributed by atoms with van der Waals surface area (Å²) in [5.74, 6) is 0. The minimum atomic E-state index is 0.440. The Morgan fingerprint density at radius 1 is 1.25 bits per heavy atom. The third-order valence-electron chi connectivity index (χ3n) is 2.73. The molecule has 1 rings (SSSR count). The van der Waals surface area contributed by atoms with Gasteiger partial charge in [0.25, 0.3) is 6.85 Å². The van der Waals surface area contributed by atoms with E-state index in [9.17, 15) is 0 Å². The van der Waals surface area contributed by atoms with Crippen LogP contribution >= 0.6 is 0 Å². The van der Waals surface area contributed by atoms with E-state index >= 15 is 0 Å². The van der Waals surface area contributed by atoms with E-state index in [1.165, 1.54) is 5.56 Å². The predicted molar refractivity (Wildman–Crippen MR) is 74.5 cm³/mol. The highest BCUT2D eigenvalue weighted by Crippen LogP contribution is 2.09. The van der Waals surface area contributed by atoms with E-state index in [1.807, 2.05) is 12.1 Å². The number of allylic oxidation sites excluding steroid dienone is 1. The summed E-state index contributed by atoms with van der Waals surface area (Å²) in [4.78, 5) is 4.82. The first kappa shape index (κ1) is 12.8. The summed E-state index contributed by atoms with van der Waals surface area (Å²) in [7, 11) is 0. The van der Waals surface area contributed by atoms with Crippen molar-refractivity contribution in [2.24, 2.45) is 4.90 Å². The van der Waals surface area contributed by atoms with Crippen LogP contribution in [0, 0.1) is 0 Å². The van der Waals surface area contributed by atoms with Gasteiger partial charge in [-0.25, -0.2) is 0 Å². The molecule has 0 N–H and O–H groups in total. The Hall–Kier alpha value is -1.31. The topological polar surface area (TPSA) is 12.4 Å². The van der Waals surface area contributed by atoms with Crippen LogP contribution in [-0.4, -0.2) is 12.6 Å². The summed E-state index contributed by atoms with van der Waals surface area (Å²) >= 11 is 0. The van der Waals surface area contributed by atoms with Crippen molar-refractivity contribution in [2.45, 2.75) is 32.9 Å². The zero-order valence-electron chi connectivity index (χ0n) is 10.3. The zero-order chi connectivity index (χ0) is 11.8. The van der Waals surface area contributed by atoms with Gasteiger partial charge in [-0.1, -0.05) is 62.9 Å². The molecule has 0 saturated carbocycles. The van der Waals surface area contributed by atoms with E-state index in [0.29, 0.717) is 6.85 Å². The van der Waals surface area contributed by atoms with Crippen LogP contribution in [0.3, 0.4) is 0 Å². The summed E-state index contributed by atoms with van der Waals surface area (Å²) in [6.07, 6.45) is 4.97.